The Balaban J connectivity index is 1.47. The fourth-order valence-electron chi connectivity index (χ4n) is 6.44. The van der Waals surface area contributed by atoms with Gasteiger partial charge in [-0.05, 0) is 88.8 Å². The number of fused-ring (bicyclic) bond motifs is 2. The van der Waals surface area contributed by atoms with Crippen molar-refractivity contribution in [2.24, 2.45) is 0 Å². The van der Waals surface area contributed by atoms with Gasteiger partial charge < -0.3 is 29.2 Å². The minimum Gasteiger partial charge on any atom is -0.465 e. The van der Waals surface area contributed by atoms with Gasteiger partial charge in [0.15, 0.2) is 5.82 Å². The smallest absolute Gasteiger partial charge is 0.410 e. The molecule has 0 aliphatic carbocycles. The predicted molar refractivity (Wildman–Crippen MR) is 154 cm³/mol. The highest BCUT2D eigenvalue weighted by Gasteiger charge is 2.35. The second kappa shape index (κ2) is 10.6. The van der Waals surface area contributed by atoms with E-state index in [2.05, 4.69) is 4.98 Å². The number of imidazole rings is 1. The van der Waals surface area contributed by atoms with E-state index in [4.69, 9.17) is 9.72 Å². The van der Waals surface area contributed by atoms with Crippen LogP contribution in [0.3, 0.4) is 0 Å². The van der Waals surface area contributed by atoms with Gasteiger partial charge in [0.1, 0.15) is 17.2 Å². The van der Waals surface area contributed by atoms with Crippen molar-refractivity contribution >= 4 is 34.1 Å². The first kappa shape index (κ1) is 28.0. The zero-order chi connectivity index (χ0) is 29.8. The molecule has 11 heteroatoms. The lowest BCUT2D eigenvalue weighted by molar-refractivity contribution is 0.0215. The number of aromatic nitrogens is 3. The lowest BCUT2D eigenvalue weighted by Crippen LogP contribution is -2.41. The number of nitrogens with zero attached hydrogens (tertiary/aromatic N) is 4. The van der Waals surface area contributed by atoms with Crippen molar-refractivity contribution in [1.82, 2.24) is 24.3 Å². The number of carbonyl (C=O) groups is 2. The molecule has 4 aromatic rings. The molecule has 2 aliphatic heterocycles. The molecule has 42 heavy (non-hydrogen) atoms. The molecule has 0 radical (unpaired) electrons. The van der Waals surface area contributed by atoms with Crippen molar-refractivity contribution in [2.45, 2.75) is 77.1 Å². The van der Waals surface area contributed by atoms with Crippen molar-refractivity contribution in [3.8, 4) is 11.5 Å². The first-order chi connectivity index (χ1) is 20.0. The van der Waals surface area contributed by atoms with Gasteiger partial charge in [-0.25, -0.2) is 23.4 Å². The van der Waals surface area contributed by atoms with E-state index in [1.807, 2.05) is 25.3 Å². The Labute approximate surface area is 242 Å². The second-order valence-electron chi connectivity index (χ2n) is 12.3. The van der Waals surface area contributed by atoms with Crippen molar-refractivity contribution in [3.05, 3.63) is 53.6 Å². The van der Waals surface area contributed by atoms with E-state index in [9.17, 15) is 23.5 Å². The van der Waals surface area contributed by atoms with Gasteiger partial charge in [-0.15, -0.1) is 0 Å². The number of halogens is 2. The van der Waals surface area contributed by atoms with Gasteiger partial charge in [0.05, 0.1) is 22.8 Å². The lowest BCUT2D eigenvalue weighted by Gasteiger charge is -2.29. The SMILES string of the molecule is CC(C)(C)OC(=O)N1CCCC1Cn1c(-c2[nH]c3cc(F)ccc3c2C[C@@H]2CCCN2C(=O)O)nc2cc(F)ccc21. The first-order valence-electron chi connectivity index (χ1n) is 14.4. The van der Waals surface area contributed by atoms with Crippen LogP contribution in [0, 0.1) is 11.6 Å². The van der Waals surface area contributed by atoms with Gasteiger partial charge in [0.25, 0.3) is 0 Å². The van der Waals surface area contributed by atoms with Crippen LogP contribution in [0.5, 0.6) is 0 Å². The molecule has 2 aromatic carbocycles. The minimum atomic E-state index is -0.962. The molecule has 1 unspecified atom stereocenters. The number of rotatable bonds is 5. The highest BCUT2D eigenvalue weighted by atomic mass is 19.1. The normalized spacial score (nSPS) is 19.4. The highest BCUT2D eigenvalue weighted by molar-refractivity contribution is 5.92. The Bertz CT molecular complexity index is 1670. The maximum Gasteiger partial charge on any atom is 0.410 e. The van der Waals surface area contributed by atoms with Crippen LogP contribution in [0.25, 0.3) is 33.5 Å². The van der Waals surface area contributed by atoms with Gasteiger partial charge in [0, 0.05) is 42.6 Å². The number of carbonyl (C=O) groups excluding carboxylic acids is 1. The maximum absolute atomic E-state index is 14.4. The van der Waals surface area contributed by atoms with Gasteiger partial charge in [-0.1, -0.05) is 0 Å². The van der Waals surface area contributed by atoms with Crippen LogP contribution < -0.4 is 0 Å². The molecule has 2 N–H and O–H groups in total. The summed E-state index contributed by atoms with van der Waals surface area (Å²) in [4.78, 5) is 36.4. The van der Waals surface area contributed by atoms with E-state index in [0.29, 0.717) is 60.5 Å². The number of hydrogen-bond donors (Lipinski definition) is 2. The summed E-state index contributed by atoms with van der Waals surface area (Å²) in [6.45, 7) is 6.93. The van der Waals surface area contributed by atoms with Crippen LogP contribution in [-0.4, -0.2) is 72.4 Å². The van der Waals surface area contributed by atoms with E-state index in [1.165, 1.54) is 29.2 Å². The first-order valence-corrected chi connectivity index (χ1v) is 14.4. The zero-order valence-electron chi connectivity index (χ0n) is 24.0. The van der Waals surface area contributed by atoms with Gasteiger partial charge in [-0.3, -0.25) is 0 Å². The molecule has 2 aromatic heterocycles. The standard InChI is InChI=1S/C31H35F2N5O4/c1-31(2,3)42-30(41)37-13-5-7-21(37)17-38-26-11-9-19(33)15-25(26)35-28(38)27-23(16-20-6-4-12-36(20)29(39)40)22-10-8-18(32)14-24(22)34-27/h8-11,14-15,20-21,34H,4-7,12-13,16-17H2,1-3H3,(H,39,40)/t20-,21?/m0/s1. The van der Waals surface area contributed by atoms with Gasteiger partial charge in [-0.2, -0.15) is 0 Å². The Morgan fingerprint density at radius 2 is 1.71 bits per heavy atom. The number of nitrogens with one attached hydrogen (secondary N) is 1. The largest absolute Gasteiger partial charge is 0.465 e. The molecule has 0 saturated carbocycles. The number of benzene rings is 2. The van der Waals surface area contributed by atoms with Crippen LogP contribution in [-0.2, 0) is 17.7 Å². The third-order valence-electron chi connectivity index (χ3n) is 8.26. The second-order valence-corrected chi connectivity index (χ2v) is 12.3. The quantitative estimate of drug-likeness (QED) is 0.279. The lowest BCUT2D eigenvalue weighted by atomic mass is 10.00. The number of H-pyrrole nitrogens is 1. The Morgan fingerprint density at radius 1 is 1.02 bits per heavy atom. The average Bonchev–Trinajstić information content (AvgIpc) is 3.69. The summed E-state index contributed by atoms with van der Waals surface area (Å²) in [5.41, 5.74) is 2.55. The molecule has 4 heterocycles. The van der Waals surface area contributed by atoms with Crippen molar-refractivity contribution in [3.63, 3.8) is 0 Å². The van der Waals surface area contributed by atoms with Crippen LogP contribution >= 0.6 is 0 Å². The molecule has 6 rings (SSSR count). The summed E-state index contributed by atoms with van der Waals surface area (Å²) in [6.07, 6.45) is 2.15. The molecular weight excluding hydrogens is 544 g/mol. The van der Waals surface area contributed by atoms with Crippen LogP contribution in [0.2, 0.25) is 0 Å². The molecule has 2 amide bonds. The van der Waals surface area contributed by atoms with Crippen molar-refractivity contribution in [1.29, 1.82) is 0 Å². The van der Waals surface area contributed by atoms with E-state index in [1.54, 1.807) is 17.0 Å². The molecule has 2 fully saturated rings. The number of carboxylic acid groups (broad SMARTS) is 1. The molecule has 2 aliphatic rings. The van der Waals surface area contributed by atoms with Crippen LogP contribution in [0.1, 0.15) is 52.0 Å². The summed E-state index contributed by atoms with van der Waals surface area (Å²) < 4.78 is 36.4. The zero-order valence-corrected chi connectivity index (χ0v) is 24.0. The fraction of sp³-hybridized carbons (Fsp3) is 0.452. The Hall–Kier alpha value is -4.15. The van der Waals surface area contributed by atoms with E-state index in [-0.39, 0.29) is 18.2 Å². The van der Waals surface area contributed by atoms with E-state index in [0.717, 1.165) is 30.2 Å². The number of hydrogen-bond acceptors (Lipinski definition) is 4. The van der Waals surface area contributed by atoms with Crippen molar-refractivity contribution in [2.75, 3.05) is 13.1 Å². The number of aromatic amines is 1. The molecule has 222 valence electrons. The molecule has 9 nitrogen and oxygen atoms in total. The average molecular weight is 580 g/mol. The van der Waals surface area contributed by atoms with Crippen molar-refractivity contribution < 1.29 is 28.2 Å². The molecule has 0 spiro atoms. The summed E-state index contributed by atoms with van der Waals surface area (Å²) in [7, 11) is 0. The highest BCUT2D eigenvalue weighted by Crippen LogP contribution is 2.36. The maximum atomic E-state index is 14.4. The third kappa shape index (κ3) is 5.28. The number of likely N-dealkylation sites (tertiary alicyclic amines) is 2. The molecule has 2 atom stereocenters. The van der Waals surface area contributed by atoms with Crippen LogP contribution in [0.4, 0.5) is 18.4 Å². The minimum absolute atomic E-state index is 0.177. The predicted octanol–water partition coefficient (Wildman–Crippen LogP) is 6.55. The molecule has 0 bridgehead atoms. The monoisotopic (exact) mass is 579 g/mol. The van der Waals surface area contributed by atoms with Gasteiger partial charge >= 0.3 is 12.2 Å². The fourth-order valence-corrected chi connectivity index (χ4v) is 6.44. The summed E-state index contributed by atoms with van der Waals surface area (Å²) >= 11 is 0. The van der Waals surface area contributed by atoms with E-state index >= 15 is 0 Å². The third-order valence-corrected chi connectivity index (χ3v) is 8.26. The summed E-state index contributed by atoms with van der Waals surface area (Å²) in [6, 6.07) is 8.53. The van der Waals surface area contributed by atoms with Crippen LogP contribution in [0.15, 0.2) is 36.4 Å². The number of amides is 2. The summed E-state index contributed by atoms with van der Waals surface area (Å²) in [5, 5.41) is 10.6. The summed E-state index contributed by atoms with van der Waals surface area (Å²) in [5.74, 6) is -0.292. The Morgan fingerprint density at radius 3 is 2.45 bits per heavy atom. The topological polar surface area (TPSA) is 104 Å². The van der Waals surface area contributed by atoms with Gasteiger partial charge in [0.2, 0.25) is 0 Å². The number of ether oxygens (including phenoxy) is 1. The van der Waals surface area contributed by atoms with E-state index < -0.39 is 23.3 Å². The Kier molecular flexibility index (Phi) is 7.06. The molecule has 2 saturated heterocycles. The molecular formula is C31H35F2N5O4.